The average molecular weight is 494 g/mol. The summed E-state index contributed by atoms with van der Waals surface area (Å²) in [5.74, 6) is 0.667. The summed E-state index contributed by atoms with van der Waals surface area (Å²) < 4.78 is 4.44. The minimum absolute atomic E-state index is 0.0609. The molecular weight excluding hydrogens is 474 g/mol. The van der Waals surface area contributed by atoms with Gasteiger partial charge in [-0.2, -0.15) is 0 Å². The van der Waals surface area contributed by atoms with Gasteiger partial charge in [-0.05, 0) is 47.9 Å². The van der Waals surface area contributed by atoms with Gasteiger partial charge in [-0.25, -0.2) is 4.98 Å². The molecule has 0 aliphatic heterocycles. The molecular formula is C32H19N3OS. The van der Waals surface area contributed by atoms with E-state index in [0.29, 0.717) is 11.3 Å². The zero-order valence-corrected chi connectivity index (χ0v) is 20.8. The van der Waals surface area contributed by atoms with Crippen molar-refractivity contribution < 1.29 is 4.79 Å². The fraction of sp³-hybridized carbons (Fsp3) is 0.0312. The second-order valence-corrected chi connectivity index (χ2v) is 10.5. The molecule has 174 valence electrons. The second-order valence-electron chi connectivity index (χ2n) is 9.41. The summed E-state index contributed by atoms with van der Waals surface area (Å²) in [6.07, 6.45) is 3.95. The van der Waals surface area contributed by atoms with Gasteiger partial charge in [0.15, 0.2) is 0 Å². The summed E-state index contributed by atoms with van der Waals surface area (Å²) in [6.45, 7) is 6.33. The molecule has 37 heavy (non-hydrogen) atoms. The molecule has 0 spiro atoms. The Kier molecular flexibility index (Phi) is 4.01. The molecule has 4 heterocycles. The second kappa shape index (κ2) is 7.21. The van der Waals surface area contributed by atoms with Gasteiger partial charge in [0.25, 0.3) is 0 Å². The van der Waals surface area contributed by atoms with Crippen molar-refractivity contribution >= 4 is 72.4 Å². The van der Waals surface area contributed by atoms with Crippen molar-refractivity contribution in [2.75, 3.05) is 0 Å². The fourth-order valence-electron chi connectivity index (χ4n) is 5.88. The highest BCUT2D eigenvalue weighted by molar-refractivity contribution is 7.17. The highest BCUT2D eigenvalue weighted by Crippen LogP contribution is 2.39. The molecule has 4 aromatic heterocycles. The summed E-state index contributed by atoms with van der Waals surface area (Å²) in [7, 11) is 0. The van der Waals surface area contributed by atoms with E-state index in [0.717, 1.165) is 54.2 Å². The standard InChI is InChI=1S/C32H19N3OS/c1-3-19-17(2)37-27-16-26-23(15-24(19)27)20-8-6-7-11-25(20)35(26)28-14-18-12-13-33-30-21-9-4-5-10-22(21)32(36)31(34-28)29(18)30/h3-16H,2H2,1H3/b19-3+. The Morgan fingerprint density at radius 3 is 2.54 bits per heavy atom. The maximum absolute atomic E-state index is 13.7. The maximum Gasteiger partial charge on any atom is 0.212 e. The van der Waals surface area contributed by atoms with E-state index in [1.54, 1.807) is 11.3 Å². The van der Waals surface area contributed by atoms with Crippen molar-refractivity contribution in [1.29, 1.82) is 0 Å². The van der Waals surface area contributed by atoms with E-state index in [-0.39, 0.29) is 5.78 Å². The van der Waals surface area contributed by atoms with Gasteiger partial charge >= 0.3 is 0 Å². The Morgan fingerprint density at radius 1 is 0.865 bits per heavy atom. The van der Waals surface area contributed by atoms with Crippen LogP contribution in [0.15, 0.2) is 79.0 Å². The minimum atomic E-state index is -0.0609. The first-order valence-electron chi connectivity index (χ1n) is 12.2. The zero-order chi connectivity index (χ0) is 24.8. The number of pyridine rings is 2. The predicted octanol–water partition coefficient (Wildman–Crippen LogP) is 6.36. The third-order valence-electron chi connectivity index (χ3n) is 7.49. The Bertz CT molecular complexity index is 2250. The number of carbonyl (C=O) groups excluding carboxylic acids is 1. The Morgan fingerprint density at radius 2 is 1.68 bits per heavy atom. The van der Waals surface area contributed by atoms with Crippen molar-refractivity contribution in [3.05, 3.63) is 100 Å². The largest absolute Gasteiger partial charge is 0.294 e. The molecule has 1 aliphatic carbocycles. The smallest absolute Gasteiger partial charge is 0.212 e. The van der Waals surface area contributed by atoms with Crippen LogP contribution in [0, 0.1) is 0 Å². The van der Waals surface area contributed by atoms with E-state index in [9.17, 15) is 4.79 Å². The lowest BCUT2D eigenvalue weighted by atomic mass is 9.89. The third-order valence-corrected chi connectivity index (χ3v) is 8.51. The van der Waals surface area contributed by atoms with Crippen LogP contribution in [0.25, 0.3) is 72.4 Å². The van der Waals surface area contributed by atoms with Crippen molar-refractivity contribution in [2.24, 2.45) is 0 Å². The summed E-state index contributed by atoms with van der Waals surface area (Å²) in [4.78, 5) is 23.4. The first kappa shape index (κ1) is 20.6. The Hall–Kier alpha value is -4.61. The highest BCUT2D eigenvalue weighted by atomic mass is 32.1. The van der Waals surface area contributed by atoms with Gasteiger partial charge in [-0.1, -0.05) is 55.1 Å². The van der Waals surface area contributed by atoms with Crippen LogP contribution >= 0.6 is 11.3 Å². The monoisotopic (exact) mass is 493 g/mol. The van der Waals surface area contributed by atoms with Crippen LogP contribution in [0.3, 0.4) is 0 Å². The van der Waals surface area contributed by atoms with Gasteiger partial charge < -0.3 is 0 Å². The first-order valence-corrected chi connectivity index (χ1v) is 13.0. The van der Waals surface area contributed by atoms with Gasteiger partial charge in [-0.15, -0.1) is 11.3 Å². The van der Waals surface area contributed by atoms with Crippen LogP contribution in [0.1, 0.15) is 23.0 Å². The van der Waals surface area contributed by atoms with Gasteiger partial charge in [0.1, 0.15) is 11.5 Å². The topological polar surface area (TPSA) is 47.8 Å². The lowest BCUT2D eigenvalue weighted by molar-refractivity contribution is 0.103. The Balaban J connectivity index is 1.52. The van der Waals surface area contributed by atoms with E-state index in [1.807, 2.05) is 42.6 Å². The molecule has 0 bridgehead atoms. The number of hydrogen-bond acceptors (Lipinski definition) is 4. The number of nitrogens with zero attached hydrogens (tertiary/aromatic N) is 3. The van der Waals surface area contributed by atoms with Crippen LogP contribution in [0.4, 0.5) is 0 Å². The molecule has 0 saturated heterocycles. The Labute approximate surface area is 215 Å². The van der Waals surface area contributed by atoms with Crippen molar-refractivity contribution in [3.63, 3.8) is 0 Å². The van der Waals surface area contributed by atoms with Crippen molar-refractivity contribution in [1.82, 2.24) is 14.5 Å². The lowest BCUT2D eigenvalue weighted by Crippen LogP contribution is -2.15. The SMILES string of the molecule is C=c1sc2cc3c(cc2/c1=C/C)c1ccccc1n3-c1cc2ccnc3c2c(n1)C(=O)c1ccccc1-3. The van der Waals surface area contributed by atoms with Crippen molar-refractivity contribution in [3.8, 4) is 17.1 Å². The van der Waals surface area contributed by atoms with E-state index in [1.165, 1.54) is 15.3 Å². The number of aromatic nitrogens is 3. The number of carbonyl (C=O) groups is 1. The van der Waals surface area contributed by atoms with Crippen LogP contribution in [-0.2, 0) is 0 Å². The number of benzene rings is 3. The van der Waals surface area contributed by atoms with Gasteiger partial charge in [0, 0.05) is 48.1 Å². The molecule has 7 aromatic rings. The molecule has 8 rings (SSSR count). The number of thiophene rings is 1. The average Bonchev–Trinajstić information content (AvgIpc) is 3.42. The van der Waals surface area contributed by atoms with E-state index >= 15 is 0 Å². The molecule has 0 N–H and O–H groups in total. The molecule has 4 nitrogen and oxygen atoms in total. The summed E-state index contributed by atoms with van der Waals surface area (Å²) in [6, 6.07) is 24.6. The van der Waals surface area contributed by atoms with Crippen LogP contribution in [-0.4, -0.2) is 20.3 Å². The number of fused-ring (bicyclic) bond motifs is 6. The minimum Gasteiger partial charge on any atom is -0.294 e. The van der Waals surface area contributed by atoms with Gasteiger partial charge in [0.05, 0.1) is 16.7 Å². The summed E-state index contributed by atoms with van der Waals surface area (Å²) in [5.41, 5.74) is 4.91. The predicted molar refractivity (Wildman–Crippen MR) is 153 cm³/mol. The molecule has 0 unspecified atom stereocenters. The van der Waals surface area contributed by atoms with E-state index in [4.69, 9.17) is 4.98 Å². The first-order chi connectivity index (χ1) is 18.1. The summed E-state index contributed by atoms with van der Waals surface area (Å²) in [5, 5.41) is 6.50. The molecule has 3 aromatic carbocycles. The zero-order valence-electron chi connectivity index (χ0n) is 19.9. The molecule has 0 radical (unpaired) electrons. The number of para-hydroxylation sites is 1. The molecule has 0 atom stereocenters. The van der Waals surface area contributed by atoms with Crippen LogP contribution in [0.5, 0.6) is 0 Å². The van der Waals surface area contributed by atoms with Crippen molar-refractivity contribution in [2.45, 2.75) is 6.92 Å². The van der Waals surface area contributed by atoms with Crippen LogP contribution < -0.4 is 9.75 Å². The number of hydrogen-bond donors (Lipinski definition) is 0. The lowest BCUT2D eigenvalue weighted by Gasteiger charge is -2.19. The van der Waals surface area contributed by atoms with Crippen LogP contribution in [0.2, 0.25) is 0 Å². The maximum atomic E-state index is 13.7. The molecule has 0 fully saturated rings. The molecule has 0 amide bonds. The normalized spacial score (nSPS) is 13.3. The van der Waals surface area contributed by atoms with E-state index < -0.39 is 0 Å². The summed E-state index contributed by atoms with van der Waals surface area (Å²) >= 11 is 1.71. The fourth-order valence-corrected chi connectivity index (χ4v) is 6.93. The van der Waals surface area contributed by atoms with Gasteiger partial charge in [0.2, 0.25) is 5.78 Å². The molecule has 5 heteroatoms. The quantitative estimate of drug-likeness (QED) is 0.267. The number of ketones is 1. The highest BCUT2D eigenvalue weighted by Gasteiger charge is 2.28. The van der Waals surface area contributed by atoms with Gasteiger partial charge in [-0.3, -0.25) is 14.3 Å². The van der Waals surface area contributed by atoms with E-state index in [2.05, 4.69) is 65.5 Å². The number of rotatable bonds is 1. The molecule has 1 aliphatic rings. The molecule has 0 saturated carbocycles. The third kappa shape index (κ3) is 2.64.